The van der Waals surface area contributed by atoms with Gasteiger partial charge in [0.1, 0.15) is 0 Å². The molecule has 29 heavy (non-hydrogen) atoms. The van der Waals surface area contributed by atoms with Crippen molar-refractivity contribution in [1.82, 2.24) is 19.7 Å². The van der Waals surface area contributed by atoms with Crippen LogP contribution in [0.4, 0.5) is 5.69 Å². The Morgan fingerprint density at radius 3 is 2.93 bits per heavy atom. The Morgan fingerprint density at radius 1 is 1.41 bits per heavy atom. The van der Waals surface area contributed by atoms with Crippen LogP contribution < -0.4 is 10.5 Å². The third kappa shape index (κ3) is 5.00. The van der Waals surface area contributed by atoms with Gasteiger partial charge < -0.3 is 14.5 Å². The summed E-state index contributed by atoms with van der Waals surface area (Å²) in [6.45, 7) is 4.35. The molecular weight excluding hydrogens is 370 g/mol. The Morgan fingerprint density at radius 2 is 2.24 bits per heavy atom. The van der Waals surface area contributed by atoms with Crippen LogP contribution >= 0.6 is 0 Å². The van der Waals surface area contributed by atoms with Crippen LogP contribution in [0.25, 0.3) is 0 Å². The fraction of sp³-hybridized carbons (Fsp3) is 0.524. The number of pyridine rings is 1. The molecule has 156 valence electrons. The first-order valence-electron chi connectivity index (χ1n) is 9.99. The molecule has 0 N–H and O–H groups in total. The maximum atomic E-state index is 13.0. The zero-order valence-corrected chi connectivity index (χ0v) is 17.3. The van der Waals surface area contributed by atoms with Crippen LogP contribution in [0.5, 0.6) is 0 Å². The third-order valence-corrected chi connectivity index (χ3v) is 5.49. The number of nitrogens with zero attached hydrogens (tertiary/aromatic N) is 5. The molecule has 0 bridgehead atoms. The molecule has 3 rings (SSSR count). The van der Waals surface area contributed by atoms with Crippen LogP contribution in [-0.4, -0.2) is 66.0 Å². The van der Waals surface area contributed by atoms with Gasteiger partial charge >= 0.3 is 0 Å². The zero-order valence-electron chi connectivity index (χ0n) is 17.3. The summed E-state index contributed by atoms with van der Waals surface area (Å²) >= 11 is 0. The highest BCUT2D eigenvalue weighted by molar-refractivity contribution is 5.83. The van der Waals surface area contributed by atoms with Crippen molar-refractivity contribution in [3.05, 3.63) is 52.7 Å². The van der Waals surface area contributed by atoms with E-state index in [-0.39, 0.29) is 23.4 Å². The molecule has 2 aromatic rings. The first-order valence-corrected chi connectivity index (χ1v) is 9.99. The minimum absolute atomic E-state index is 0.0617. The van der Waals surface area contributed by atoms with E-state index in [2.05, 4.69) is 10.1 Å². The number of likely N-dealkylation sites (tertiary alicyclic amines) is 1. The Bertz CT molecular complexity index is 870. The summed E-state index contributed by atoms with van der Waals surface area (Å²) in [5, 5.41) is 4.40. The quantitative estimate of drug-likeness (QED) is 0.705. The van der Waals surface area contributed by atoms with E-state index in [1.165, 1.54) is 4.68 Å². The standard InChI is InChI=1S/C21H29N5O3/c1-16(17-6-4-8-22-13-17)21(28)25-9-5-7-18(15-25)26-20(27)12-19(14-23-26)24(2)10-11-29-3/h4,6,8,12-14,16,18H,5,7,9-11,15H2,1-3H3/t16-,18-/m1/s1. The maximum absolute atomic E-state index is 13.0. The molecule has 0 unspecified atom stereocenters. The van der Waals surface area contributed by atoms with E-state index in [0.29, 0.717) is 26.2 Å². The number of hydrogen-bond acceptors (Lipinski definition) is 6. The van der Waals surface area contributed by atoms with Crippen molar-refractivity contribution >= 4 is 11.6 Å². The van der Waals surface area contributed by atoms with Gasteiger partial charge in [0, 0.05) is 52.3 Å². The first-order chi connectivity index (χ1) is 14.0. The second-order valence-corrected chi connectivity index (χ2v) is 7.50. The van der Waals surface area contributed by atoms with Crippen LogP contribution in [0.15, 0.2) is 41.6 Å². The number of anilines is 1. The van der Waals surface area contributed by atoms with Gasteiger partial charge in [0.25, 0.3) is 5.56 Å². The number of aromatic nitrogens is 3. The summed E-state index contributed by atoms with van der Waals surface area (Å²) in [7, 11) is 3.55. The fourth-order valence-electron chi connectivity index (χ4n) is 3.65. The van der Waals surface area contributed by atoms with Crippen molar-refractivity contribution in [2.24, 2.45) is 0 Å². The van der Waals surface area contributed by atoms with Crippen LogP contribution in [-0.2, 0) is 9.53 Å². The van der Waals surface area contributed by atoms with E-state index in [1.54, 1.807) is 31.8 Å². The van der Waals surface area contributed by atoms with E-state index < -0.39 is 0 Å². The topological polar surface area (TPSA) is 80.6 Å². The Hall–Kier alpha value is -2.74. The highest BCUT2D eigenvalue weighted by Gasteiger charge is 2.29. The van der Waals surface area contributed by atoms with Crippen molar-refractivity contribution < 1.29 is 9.53 Å². The summed E-state index contributed by atoms with van der Waals surface area (Å²) in [5.41, 5.74) is 1.52. The van der Waals surface area contributed by atoms with Gasteiger partial charge in [0.05, 0.1) is 30.5 Å². The molecule has 1 aliphatic rings. The Labute approximate surface area is 171 Å². The number of hydrogen-bond donors (Lipinski definition) is 0. The van der Waals surface area contributed by atoms with Crippen molar-refractivity contribution in [2.75, 3.05) is 45.3 Å². The molecule has 3 heterocycles. The highest BCUT2D eigenvalue weighted by Crippen LogP contribution is 2.24. The molecule has 0 spiro atoms. The summed E-state index contributed by atoms with van der Waals surface area (Å²) in [5.74, 6) is -0.199. The number of likely N-dealkylation sites (N-methyl/N-ethyl adjacent to an activating group) is 1. The number of carbonyl (C=O) groups is 1. The number of piperidine rings is 1. The van der Waals surface area contributed by atoms with Gasteiger partial charge in [-0.15, -0.1) is 0 Å². The number of methoxy groups -OCH3 is 1. The fourth-order valence-corrected chi connectivity index (χ4v) is 3.65. The summed E-state index contributed by atoms with van der Waals surface area (Å²) in [6.07, 6.45) is 6.81. The lowest BCUT2D eigenvalue weighted by Gasteiger charge is -2.34. The van der Waals surface area contributed by atoms with Gasteiger partial charge in [-0.1, -0.05) is 6.07 Å². The lowest BCUT2D eigenvalue weighted by Crippen LogP contribution is -2.45. The zero-order chi connectivity index (χ0) is 20.8. The van der Waals surface area contributed by atoms with Crippen LogP contribution in [0.1, 0.15) is 37.3 Å². The minimum Gasteiger partial charge on any atom is -0.383 e. The van der Waals surface area contributed by atoms with Crippen LogP contribution in [0, 0.1) is 0 Å². The van der Waals surface area contributed by atoms with E-state index in [9.17, 15) is 9.59 Å². The second kappa shape index (κ2) is 9.65. The Kier molecular flexibility index (Phi) is 6.98. The predicted molar refractivity (Wildman–Crippen MR) is 111 cm³/mol. The maximum Gasteiger partial charge on any atom is 0.269 e. The summed E-state index contributed by atoms with van der Waals surface area (Å²) in [6, 6.07) is 5.25. The van der Waals surface area contributed by atoms with Crippen LogP contribution in [0.2, 0.25) is 0 Å². The average Bonchev–Trinajstić information content (AvgIpc) is 2.77. The molecule has 0 aromatic carbocycles. The van der Waals surface area contributed by atoms with E-state index in [4.69, 9.17) is 4.74 Å². The van der Waals surface area contributed by atoms with E-state index in [1.807, 2.05) is 35.9 Å². The summed E-state index contributed by atoms with van der Waals surface area (Å²) < 4.78 is 6.60. The normalized spacial score (nSPS) is 17.8. The minimum atomic E-state index is -0.260. The van der Waals surface area contributed by atoms with Gasteiger partial charge in [-0.25, -0.2) is 4.68 Å². The average molecular weight is 399 g/mol. The first kappa shape index (κ1) is 21.0. The van der Waals surface area contributed by atoms with E-state index >= 15 is 0 Å². The van der Waals surface area contributed by atoms with E-state index in [0.717, 1.165) is 24.1 Å². The molecule has 8 nitrogen and oxygen atoms in total. The molecule has 1 amide bonds. The molecule has 0 saturated carbocycles. The number of ether oxygens (including phenoxy) is 1. The van der Waals surface area contributed by atoms with Crippen molar-refractivity contribution in [2.45, 2.75) is 31.7 Å². The van der Waals surface area contributed by atoms with Crippen molar-refractivity contribution in [3.63, 3.8) is 0 Å². The lowest BCUT2D eigenvalue weighted by atomic mass is 9.99. The van der Waals surface area contributed by atoms with Gasteiger partial charge in [0.15, 0.2) is 0 Å². The number of amides is 1. The lowest BCUT2D eigenvalue weighted by molar-refractivity contribution is -0.134. The number of carbonyl (C=O) groups excluding carboxylic acids is 1. The van der Waals surface area contributed by atoms with Gasteiger partial charge in [-0.2, -0.15) is 5.10 Å². The molecule has 1 fully saturated rings. The van der Waals surface area contributed by atoms with Gasteiger partial charge in [0.2, 0.25) is 5.91 Å². The third-order valence-electron chi connectivity index (χ3n) is 5.49. The molecular formula is C21H29N5O3. The molecule has 0 aliphatic carbocycles. The van der Waals surface area contributed by atoms with Gasteiger partial charge in [-0.3, -0.25) is 14.6 Å². The van der Waals surface area contributed by atoms with Crippen molar-refractivity contribution in [3.8, 4) is 0 Å². The Balaban J connectivity index is 1.70. The highest BCUT2D eigenvalue weighted by atomic mass is 16.5. The molecule has 1 saturated heterocycles. The monoisotopic (exact) mass is 399 g/mol. The largest absolute Gasteiger partial charge is 0.383 e. The molecule has 8 heteroatoms. The number of rotatable bonds is 7. The SMILES string of the molecule is COCCN(C)c1cnn([C@@H]2CCCN(C(=O)[C@H](C)c3cccnc3)C2)c(=O)c1. The smallest absolute Gasteiger partial charge is 0.269 e. The van der Waals surface area contributed by atoms with Crippen LogP contribution in [0.3, 0.4) is 0 Å². The predicted octanol–water partition coefficient (Wildman–Crippen LogP) is 1.69. The van der Waals surface area contributed by atoms with Crippen molar-refractivity contribution in [1.29, 1.82) is 0 Å². The van der Waals surface area contributed by atoms with Gasteiger partial charge in [-0.05, 0) is 31.4 Å². The molecule has 2 atom stereocenters. The second-order valence-electron chi connectivity index (χ2n) is 7.50. The summed E-state index contributed by atoms with van der Waals surface area (Å²) in [4.78, 5) is 33.6. The molecule has 1 aliphatic heterocycles. The molecule has 0 radical (unpaired) electrons. The molecule has 2 aromatic heterocycles.